The number of rotatable bonds is 34. The molecule has 147 heavy (non-hydrogen) atoms. The van der Waals surface area contributed by atoms with Crippen molar-refractivity contribution in [3.8, 4) is 57.5 Å². The predicted octanol–water partition coefficient (Wildman–Crippen LogP) is 24.6. The lowest BCUT2D eigenvalue weighted by atomic mass is 10.1. The van der Waals surface area contributed by atoms with Crippen LogP contribution in [-0.4, -0.2) is 99.0 Å². The summed E-state index contributed by atoms with van der Waals surface area (Å²) in [6, 6.07) is 25.5. The highest BCUT2D eigenvalue weighted by molar-refractivity contribution is 7.52. The van der Waals surface area contributed by atoms with Gasteiger partial charge in [-0.15, -0.1) is 0 Å². The van der Waals surface area contributed by atoms with Crippen molar-refractivity contribution in [3.05, 3.63) is 334 Å². The lowest BCUT2D eigenvalue weighted by Crippen LogP contribution is -2.13. The Labute approximate surface area is 831 Å². The SMILES string of the molecule is COP(=O)(O)Oc1c(C)cc(C)cc1[N+](=O)[O-].COP(=O)(OC)Oc1c(C)cc(C)cc1[N+](=O)[O-].COP(=O)(Oc1c(C)cc(C)cc1[N+](=O)[O-])Oc1c(C)cc(C)cc1[N+](=O)[O-].Cc1cc(C)c(OP(=O)(O)Oc2c(C)cc(C)cc2[N+](=O)[O-])c([N+](=O)[O-])c1.Cc1cc(C)c(OP(=O)(Oc2c(C)cc(C)cc2[N+](=O)[O-])Oc2c(C)cc(C(F)(F)F)cc2[N+](=O)[O-])c([N+](=O)[O-])c1.Cc1cc(C)c(OP(C)(=O)O)c([N+](=O)[O-])c1. The summed E-state index contributed by atoms with van der Waals surface area (Å²) in [7, 11) is -22.5. The maximum absolute atomic E-state index is 14.2. The van der Waals surface area contributed by atoms with Crippen LogP contribution in [0.25, 0.3) is 0 Å². The van der Waals surface area contributed by atoms with Gasteiger partial charge < -0.3 is 50.1 Å². The summed E-state index contributed by atoms with van der Waals surface area (Å²) in [5, 5.41) is 113. The summed E-state index contributed by atoms with van der Waals surface area (Å²) in [5.41, 5.74) is 0.297. The molecule has 10 rings (SSSR count). The van der Waals surface area contributed by atoms with Crippen LogP contribution in [0.5, 0.6) is 57.5 Å². The molecule has 3 N–H and O–H groups in total. The first kappa shape index (κ1) is 123. The Balaban J connectivity index is 0.000000321. The Morgan fingerprint density at radius 2 is 0.367 bits per heavy atom. The molecule has 62 heteroatoms. The fourth-order valence-corrected chi connectivity index (χ4v) is 18.8. The van der Waals surface area contributed by atoms with Crippen molar-refractivity contribution in [3.63, 3.8) is 0 Å². The number of nitrogens with zero attached hydrogens (tertiary/aromatic N) is 10. The molecular formula is C85H95F3N10O43P6. The number of halogens is 3. The van der Waals surface area contributed by atoms with E-state index in [9.17, 15) is 147 Å². The van der Waals surface area contributed by atoms with E-state index in [0.29, 0.717) is 84.0 Å². The van der Waals surface area contributed by atoms with E-state index in [1.165, 1.54) is 122 Å². The van der Waals surface area contributed by atoms with Crippen molar-refractivity contribution in [1.29, 1.82) is 0 Å². The third kappa shape index (κ3) is 34.1. The molecule has 0 fully saturated rings. The molecule has 0 saturated carbocycles. The predicted molar refractivity (Wildman–Crippen MR) is 519 cm³/mol. The van der Waals surface area contributed by atoms with Crippen molar-refractivity contribution in [1.82, 2.24) is 0 Å². The zero-order valence-electron chi connectivity index (χ0n) is 82.0. The summed E-state index contributed by atoms with van der Waals surface area (Å²) in [4.78, 5) is 133. The van der Waals surface area contributed by atoms with Gasteiger partial charge in [0, 0.05) is 95.8 Å². The van der Waals surface area contributed by atoms with Gasteiger partial charge in [-0.2, -0.15) is 17.7 Å². The second kappa shape index (κ2) is 49.8. The first-order chi connectivity index (χ1) is 67.5. The molecule has 0 saturated heterocycles. The maximum atomic E-state index is 14.2. The van der Waals surface area contributed by atoms with Gasteiger partial charge in [0.15, 0.2) is 0 Å². The second-order valence-electron chi connectivity index (χ2n) is 31.8. The normalized spacial score (nSPS) is 12.0. The Kier molecular flexibility index (Phi) is 41.5. The molecule has 53 nitrogen and oxygen atoms in total. The van der Waals surface area contributed by atoms with E-state index < -0.39 is 182 Å². The zero-order valence-corrected chi connectivity index (χ0v) is 87.4. The number of alkyl halides is 3. The van der Waals surface area contributed by atoms with Crippen molar-refractivity contribution in [2.45, 2.75) is 138 Å². The number of benzene rings is 10. The van der Waals surface area contributed by atoms with E-state index in [2.05, 4.69) is 18.1 Å². The molecular weight excluding hydrogens is 2090 g/mol. The van der Waals surface area contributed by atoms with Crippen LogP contribution in [-0.2, 0) is 51.7 Å². The molecule has 2 atom stereocenters. The number of aryl methyl sites for hydroxylation is 19. The fraction of sp³-hybridized carbons (Fsp3) is 0.294. The van der Waals surface area contributed by atoms with Crippen LogP contribution in [0.15, 0.2) is 121 Å². The molecule has 0 spiro atoms. The molecule has 10 aromatic rings. The Morgan fingerprint density at radius 1 is 0.218 bits per heavy atom. The summed E-state index contributed by atoms with van der Waals surface area (Å²) in [6.07, 6.45) is -5.00. The van der Waals surface area contributed by atoms with Gasteiger partial charge in [0.2, 0.25) is 57.5 Å². The van der Waals surface area contributed by atoms with Gasteiger partial charge in [-0.1, -0.05) is 54.6 Å². The first-order valence-electron chi connectivity index (χ1n) is 41.1. The molecule has 10 aromatic carbocycles. The van der Waals surface area contributed by atoms with E-state index in [-0.39, 0.29) is 74.1 Å². The van der Waals surface area contributed by atoms with Crippen LogP contribution in [0, 0.1) is 233 Å². The minimum absolute atomic E-state index is 0.0397. The quantitative estimate of drug-likeness (QED) is 0.0191. The van der Waals surface area contributed by atoms with Crippen LogP contribution in [0.1, 0.15) is 111 Å². The average molecular weight is 2190 g/mol. The summed E-state index contributed by atoms with van der Waals surface area (Å²) < 4.78 is 183. The topological polar surface area (TPSA) is 724 Å². The van der Waals surface area contributed by atoms with Crippen LogP contribution in [0.3, 0.4) is 0 Å². The first-order valence-corrected chi connectivity index (χ1v) is 50.5. The fourth-order valence-electron chi connectivity index (χ4n) is 13.4. The molecule has 794 valence electrons. The molecule has 2 unspecified atom stereocenters. The molecule has 0 aromatic heterocycles. The van der Waals surface area contributed by atoms with Gasteiger partial charge >= 0.3 is 110 Å². The Morgan fingerprint density at radius 3 is 0.531 bits per heavy atom. The number of phosphoric acid groups is 5. The maximum Gasteiger partial charge on any atom is 0.647 e. The standard InChI is InChI=1S/C24H21F3N3O10P.C17H19N2O8P.C16H17N2O8P.C10H14NO6P.C9H12NO6P.C9H12NO5P/c1-12-6-14(3)21(18(8-12)28(31)32)38-41(37,39-22-15(4)7-13(2)9-19(22)29(33)34)40-23-16(5)10-17(24(25,26)27)11-20(23)30(35)36;1-10-6-12(3)16(14(8-10)18(20)21)26-28(24,25-5)27-17-13(4)7-11(2)9-15(17)19(22)23;1-9-5-11(3)15(13(7-9)17(19)20)25-27(23,24)26-16-12(4)6-10(2)8-14(16)18(21)22;1-7-5-8(2)10(9(6-7)11(12)13)17-18(14,15-3)16-4;1-6-4-7(2)9(8(5-6)10(11)12)16-17(13,14)15-3;1-6-4-7(2)9(15-16(3,13)14)8(5-6)10(11)12/h6-11H,1-5H3;6-9H,1-5H3;5-8H,1-4H3,(H,23,24);5-6H,1-4H3;4-5H,1-3H3,(H,13,14);4-5H,1-3H3,(H,13,14). The highest BCUT2D eigenvalue weighted by Crippen LogP contribution is 2.60. The number of hydrogen-bond donors (Lipinski definition) is 3. The van der Waals surface area contributed by atoms with E-state index in [1.54, 1.807) is 99.6 Å². The van der Waals surface area contributed by atoms with Crippen LogP contribution < -0.4 is 45.2 Å². The average Bonchev–Trinajstić information content (AvgIpc) is 0.769. The summed E-state index contributed by atoms with van der Waals surface area (Å²) >= 11 is 0. The highest BCUT2D eigenvalue weighted by Gasteiger charge is 2.46. The number of nitro groups is 10. The minimum Gasteiger partial charge on any atom is -0.417 e. The molecule has 0 heterocycles. The van der Waals surface area contributed by atoms with Crippen LogP contribution in [0.4, 0.5) is 70.0 Å². The molecule has 0 aliphatic carbocycles. The van der Waals surface area contributed by atoms with E-state index in [4.69, 9.17) is 55.0 Å². The molecule has 0 aliphatic rings. The monoisotopic (exact) mass is 2190 g/mol. The molecule has 0 bridgehead atoms. The summed E-state index contributed by atoms with van der Waals surface area (Å²) in [6.45, 7) is 30.1. The van der Waals surface area contributed by atoms with Crippen molar-refractivity contribution >= 4 is 104 Å². The molecule has 0 aliphatic heterocycles. The van der Waals surface area contributed by atoms with Gasteiger partial charge in [0.1, 0.15) is 0 Å². The lowest BCUT2D eigenvalue weighted by molar-refractivity contribution is -0.386. The van der Waals surface area contributed by atoms with Gasteiger partial charge in [0.05, 0.1) is 54.8 Å². The smallest absolute Gasteiger partial charge is 0.417 e. The van der Waals surface area contributed by atoms with Gasteiger partial charge in [0.25, 0.3) is 0 Å². The molecule has 0 amide bonds. The highest BCUT2D eigenvalue weighted by atomic mass is 31.2. The van der Waals surface area contributed by atoms with E-state index >= 15 is 0 Å². The van der Waals surface area contributed by atoms with Crippen LogP contribution >= 0.6 is 46.7 Å². The second-order valence-corrected chi connectivity index (χ2v) is 41.3. The van der Waals surface area contributed by atoms with Crippen molar-refractivity contribution < 1.29 is 168 Å². The number of hydrogen-bond acceptors (Lipinski definition) is 40. The summed E-state index contributed by atoms with van der Waals surface area (Å²) in [5.74, 6) is -4.30. The zero-order chi connectivity index (χ0) is 112. The largest absolute Gasteiger partial charge is 0.647 e. The van der Waals surface area contributed by atoms with E-state index in [1.807, 2.05) is 0 Å². The van der Waals surface area contributed by atoms with E-state index in [0.717, 1.165) is 54.2 Å². The van der Waals surface area contributed by atoms with Crippen LogP contribution in [0.2, 0.25) is 0 Å². The minimum atomic E-state index is -5.45. The van der Waals surface area contributed by atoms with Crippen molar-refractivity contribution in [2.75, 3.05) is 35.1 Å². The third-order valence-electron chi connectivity index (χ3n) is 19.1. The number of nitro benzene ring substituents is 10. The molecule has 0 radical (unpaired) electrons. The Hall–Kier alpha value is -14.9. The van der Waals surface area contributed by atoms with Crippen molar-refractivity contribution in [2.24, 2.45) is 0 Å². The Bertz CT molecular complexity index is 6970. The number of phosphoric ester groups is 5. The third-order valence-corrected chi connectivity index (χ3v) is 25.1. The van der Waals surface area contributed by atoms with Gasteiger partial charge in [-0.25, -0.2) is 22.8 Å². The lowest BCUT2D eigenvalue weighted by Gasteiger charge is -2.22. The van der Waals surface area contributed by atoms with Gasteiger partial charge in [-0.3, -0.25) is 129 Å². The van der Waals surface area contributed by atoms with Gasteiger partial charge in [-0.05, 0) is 243 Å².